The number of aromatic nitrogens is 1. The minimum Gasteiger partial charge on any atom is -0.379 e. The van der Waals surface area contributed by atoms with Gasteiger partial charge >= 0.3 is 6.03 Å². The molecule has 172 valence electrons. The van der Waals surface area contributed by atoms with Gasteiger partial charge in [-0.1, -0.05) is 0 Å². The largest absolute Gasteiger partial charge is 0.379 e. The highest BCUT2D eigenvalue weighted by atomic mass is 127. The minimum absolute atomic E-state index is 0.0839. The van der Waals surface area contributed by atoms with E-state index in [1.165, 1.54) is 24.5 Å². The molecule has 1 saturated heterocycles. The number of morpholine rings is 1. The molecule has 10 nitrogen and oxygen atoms in total. The van der Waals surface area contributed by atoms with Gasteiger partial charge in [0.1, 0.15) is 5.82 Å². The maximum absolute atomic E-state index is 14.2. The molecule has 2 heterocycles. The number of ether oxygens (including phenoxy) is 1. The first-order valence-corrected chi connectivity index (χ1v) is 11.2. The number of anilines is 2. The highest BCUT2D eigenvalue weighted by molar-refractivity contribution is 14.1. The number of hydrazine groups is 2. The van der Waals surface area contributed by atoms with Crippen LogP contribution in [0.3, 0.4) is 0 Å². The number of rotatable bonds is 6. The van der Waals surface area contributed by atoms with Crippen LogP contribution in [-0.4, -0.2) is 70.7 Å². The summed E-state index contributed by atoms with van der Waals surface area (Å²) in [5.74, 6) is 4.62. The number of benzene rings is 1. The number of nitrogens with zero attached hydrogens (tertiary/aromatic N) is 4. The van der Waals surface area contributed by atoms with Gasteiger partial charge in [-0.2, -0.15) is 9.53 Å². The molecule has 0 saturated carbocycles. The summed E-state index contributed by atoms with van der Waals surface area (Å²) in [4.78, 5) is 31.4. The third-order valence-electron chi connectivity index (χ3n) is 4.65. The number of thiol groups is 1. The first-order chi connectivity index (χ1) is 15.4. The molecule has 3 amide bonds. The fourth-order valence-corrected chi connectivity index (χ4v) is 3.55. The van der Waals surface area contributed by atoms with Gasteiger partial charge in [-0.3, -0.25) is 14.7 Å². The predicted octanol–water partition coefficient (Wildman–Crippen LogP) is 1.99. The third-order valence-corrected chi connectivity index (χ3v) is 5.70. The van der Waals surface area contributed by atoms with E-state index in [9.17, 15) is 14.0 Å². The van der Waals surface area contributed by atoms with E-state index in [4.69, 9.17) is 10.6 Å². The molecule has 0 bridgehead atoms. The van der Waals surface area contributed by atoms with Gasteiger partial charge in [0.2, 0.25) is 0 Å². The monoisotopic (exact) mass is 575 g/mol. The second-order valence-electron chi connectivity index (χ2n) is 6.80. The number of urea groups is 1. The molecule has 32 heavy (non-hydrogen) atoms. The standard InChI is InChI=1S/C19H23FIN7O3S/c20-15-11-13(21)1-2-16(15)25-17-12-23-4-3-14(17)18(29)27(22)28(32)19(30)24-5-6-26-7-9-31-10-8-26/h1-4,11-12,25,32H,5-10,22H2,(H,24,30). The van der Waals surface area contributed by atoms with E-state index in [1.54, 1.807) is 12.1 Å². The number of nitrogens with two attached hydrogens (primary N) is 1. The van der Waals surface area contributed by atoms with Gasteiger partial charge in [0.15, 0.2) is 0 Å². The van der Waals surface area contributed by atoms with Crippen molar-refractivity contribution >= 4 is 58.7 Å². The molecular weight excluding hydrogens is 552 g/mol. The van der Waals surface area contributed by atoms with E-state index in [0.717, 1.165) is 16.7 Å². The van der Waals surface area contributed by atoms with Crippen LogP contribution in [0, 0.1) is 9.39 Å². The van der Waals surface area contributed by atoms with Crippen molar-refractivity contribution in [2.75, 3.05) is 44.7 Å². The Morgan fingerprint density at radius 1 is 1.28 bits per heavy atom. The Balaban J connectivity index is 1.62. The molecule has 1 aliphatic heterocycles. The fourth-order valence-electron chi connectivity index (χ4n) is 2.94. The Morgan fingerprint density at radius 3 is 2.75 bits per heavy atom. The lowest BCUT2D eigenvalue weighted by molar-refractivity contribution is 0.0376. The Bertz CT molecular complexity index is 964. The number of hydrogen-bond donors (Lipinski definition) is 4. The van der Waals surface area contributed by atoms with Crippen molar-refractivity contribution in [3.05, 3.63) is 51.6 Å². The summed E-state index contributed by atoms with van der Waals surface area (Å²) in [5, 5.41) is 6.07. The van der Waals surface area contributed by atoms with E-state index in [2.05, 4.69) is 33.3 Å². The van der Waals surface area contributed by atoms with Crippen molar-refractivity contribution in [3.8, 4) is 0 Å². The van der Waals surface area contributed by atoms with Crippen LogP contribution < -0.4 is 16.5 Å². The summed E-state index contributed by atoms with van der Waals surface area (Å²) in [6.07, 6.45) is 2.76. The molecule has 4 N–H and O–H groups in total. The zero-order valence-corrected chi connectivity index (χ0v) is 20.1. The van der Waals surface area contributed by atoms with Gasteiger partial charge in [-0.05, 0) is 59.7 Å². The Morgan fingerprint density at radius 2 is 2.03 bits per heavy atom. The summed E-state index contributed by atoms with van der Waals surface area (Å²) in [5.41, 5.74) is 0.475. The molecule has 13 heteroatoms. The van der Waals surface area contributed by atoms with Gasteiger partial charge in [0.05, 0.1) is 36.3 Å². The van der Waals surface area contributed by atoms with Crippen LogP contribution >= 0.6 is 35.4 Å². The highest BCUT2D eigenvalue weighted by Crippen LogP contribution is 2.24. The van der Waals surface area contributed by atoms with E-state index in [0.29, 0.717) is 35.8 Å². The summed E-state index contributed by atoms with van der Waals surface area (Å²) in [7, 11) is 0. The van der Waals surface area contributed by atoms with Crippen molar-refractivity contribution in [2.24, 2.45) is 5.84 Å². The second kappa shape index (κ2) is 11.6. The topological polar surface area (TPSA) is 116 Å². The number of nitrogens with one attached hydrogen (secondary N) is 2. The summed E-state index contributed by atoms with van der Waals surface area (Å²) in [6.45, 7) is 3.89. The van der Waals surface area contributed by atoms with Gasteiger partial charge in [-0.25, -0.2) is 15.0 Å². The molecule has 0 unspecified atom stereocenters. The zero-order chi connectivity index (χ0) is 23.1. The number of carbonyl (C=O) groups is 2. The van der Waals surface area contributed by atoms with Gasteiger partial charge < -0.3 is 15.4 Å². The maximum Gasteiger partial charge on any atom is 0.347 e. The summed E-state index contributed by atoms with van der Waals surface area (Å²) < 4.78 is 20.9. The average molecular weight is 575 g/mol. The lowest BCUT2D eigenvalue weighted by Gasteiger charge is -2.28. The van der Waals surface area contributed by atoms with Gasteiger partial charge in [0, 0.05) is 35.9 Å². The normalized spacial score (nSPS) is 14.0. The van der Waals surface area contributed by atoms with Gasteiger partial charge in [-0.15, -0.1) is 0 Å². The molecule has 0 aliphatic carbocycles. The maximum atomic E-state index is 14.2. The lowest BCUT2D eigenvalue weighted by atomic mass is 10.2. The molecule has 1 fully saturated rings. The second-order valence-corrected chi connectivity index (χ2v) is 8.42. The van der Waals surface area contributed by atoms with Crippen LogP contribution in [0.2, 0.25) is 0 Å². The Labute approximate surface area is 203 Å². The van der Waals surface area contributed by atoms with Crippen molar-refractivity contribution in [1.29, 1.82) is 0 Å². The molecule has 3 rings (SSSR count). The van der Waals surface area contributed by atoms with Crippen LogP contribution in [0.15, 0.2) is 36.7 Å². The average Bonchev–Trinajstić information content (AvgIpc) is 2.80. The number of carbonyl (C=O) groups excluding carboxylic acids is 2. The quantitative estimate of drug-likeness (QED) is 0.137. The molecule has 0 atom stereocenters. The fraction of sp³-hybridized carbons (Fsp3) is 0.316. The number of halogens is 2. The van der Waals surface area contributed by atoms with Crippen molar-refractivity contribution in [1.82, 2.24) is 24.7 Å². The van der Waals surface area contributed by atoms with E-state index in [-0.39, 0.29) is 16.9 Å². The Kier molecular flexibility index (Phi) is 8.86. The SMILES string of the molecule is NN(C(=O)c1ccncc1Nc1ccc(I)cc1F)N(S)C(=O)NCCN1CCOCC1. The summed E-state index contributed by atoms with van der Waals surface area (Å²) in [6, 6.07) is 5.37. The van der Waals surface area contributed by atoms with Crippen molar-refractivity contribution in [2.45, 2.75) is 0 Å². The zero-order valence-electron chi connectivity index (χ0n) is 17.0. The first kappa shape index (κ1) is 24.4. The van der Waals surface area contributed by atoms with Crippen molar-refractivity contribution < 1.29 is 18.7 Å². The van der Waals surface area contributed by atoms with E-state index < -0.39 is 17.8 Å². The van der Waals surface area contributed by atoms with Crippen molar-refractivity contribution in [3.63, 3.8) is 0 Å². The first-order valence-electron chi connectivity index (χ1n) is 9.69. The number of amides is 3. The van der Waals surface area contributed by atoms with Gasteiger partial charge in [0.25, 0.3) is 5.91 Å². The van der Waals surface area contributed by atoms with Crippen LogP contribution in [0.5, 0.6) is 0 Å². The van der Waals surface area contributed by atoms with E-state index in [1.807, 2.05) is 22.6 Å². The Hall–Kier alpha value is -2.20. The molecule has 1 aliphatic rings. The number of pyridine rings is 1. The molecule has 2 aromatic rings. The minimum atomic E-state index is -0.737. The van der Waals surface area contributed by atoms with Crippen LogP contribution in [0.4, 0.5) is 20.6 Å². The molecule has 1 aromatic heterocycles. The number of hydrogen-bond acceptors (Lipinski definition) is 8. The molecular formula is C19H23FIN7O3S. The van der Waals surface area contributed by atoms with Crippen LogP contribution in [0.1, 0.15) is 10.4 Å². The lowest BCUT2D eigenvalue weighted by Crippen LogP contribution is -2.53. The third kappa shape index (κ3) is 6.41. The summed E-state index contributed by atoms with van der Waals surface area (Å²) >= 11 is 6.04. The van der Waals surface area contributed by atoms with Crippen LogP contribution in [-0.2, 0) is 4.74 Å². The molecule has 0 radical (unpaired) electrons. The highest BCUT2D eigenvalue weighted by Gasteiger charge is 2.25. The molecule has 1 aromatic carbocycles. The van der Waals surface area contributed by atoms with Crippen LogP contribution in [0.25, 0.3) is 0 Å². The smallest absolute Gasteiger partial charge is 0.347 e. The predicted molar refractivity (Wildman–Crippen MR) is 128 cm³/mol. The molecule has 0 spiro atoms. The van der Waals surface area contributed by atoms with E-state index >= 15 is 0 Å².